The molecule has 0 aliphatic heterocycles. The monoisotopic (exact) mass is 492 g/mol. The van der Waals surface area contributed by atoms with Gasteiger partial charge in [0, 0.05) is 12.2 Å². The first-order valence-electron chi connectivity index (χ1n) is 11.5. The molecular formula is C26H28N4O4S. The molecule has 0 aliphatic carbocycles. The summed E-state index contributed by atoms with van der Waals surface area (Å²) < 4.78 is 18.7. The van der Waals surface area contributed by atoms with E-state index >= 15 is 0 Å². The van der Waals surface area contributed by atoms with Crippen LogP contribution in [0.2, 0.25) is 0 Å². The van der Waals surface area contributed by atoms with E-state index in [9.17, 15) is 4.79 Å². The van der Waals surface area contributed by atoms with Crippen LogP contribution in [0.4, 0.5) is 0 Å². The van der Waals surface area contributed by atoms with Crippen molar-refractivity contribution in [3.05, 3.63) is 72.5 Å². The second kappa shape index (κ2) is 12.1. The van der Waals surface area contributed by atoms with Gasteiger partial charge < -0.3 is 19.2 Å². The van der Waals surface area contributed by atoms with Crippen molar-refractivity contribution in [2.45, 2.75) is 25.4 Å². The summed E-state index contributed by atoms with van der Waals surface area (Å²) in [5.41, 5.74) is 1.96. The van der Waals surface area contributed by atoms with Crippen LogP contribution < -0.4 is 14.8 Å². The largest absolute Gasteiger partial charge is 0.490 e. The first kappa shape index (κ1) is 24.4. The number of benzene rings is 2. The van der Waals surface area contributed by atoms with Gasteiger partial charge in [0.15, 0.2) is 22.4 Å². The number of rotatable bonds is 12. The number of hydrogen-bond donors (Lipinski definition) is 1. The molecule has 0 bridgehead atoms. The standard InChI is InChI=1S/C26H28N4O4S/c1-3-32-21-13-12-19(17-23(21)33-4-2)14-15-27-24(31)18-35-26-29-28-25(22-11-8-16-34-22)30(26)20-9-6-5-7-10-20/h5-13,16-17H,3-4,14-15,18H2,1-2H3,(H,27,31). The van der Waals surface area contributed by atoms with Gasteiger partial charge in [0.05, 0.1) is 25.2 Å². The Morgan fingerprint density at radius 2 is 1.80 bits per heavy atom. The van der Waals surface area contributed by atoms with Gasteiger partial charge in [-0.05, 0) is 62.2 Å². The molecule has 0 saturated heterocycles. The molecule has 35 heavy (non-hydrogen) atoms. The van der Waals surface area contributed by atoms with E-state index in [4.69, 9.17) is 13.9 Å². The number of nitrogens with one attached hydrogen (secondary N) is 1. The smallest absolute Gasteiger partial charge is 0.230 e. The van der Waals surface area contributed by atoms with Crippen molar-refractivity contribution in [1.82, 2.24) is 20.1 Å². The molecule has 4 rings (SSSR count). The number of thioether (sulfide) groups is 1. The SMILES string of the molecule is CCOc1ccc(CCNC(=O)CSc2nnc(-c3ccco3)n2-c2ccccc2)cc1OCC. The zero-order chi connectivity index (χ0) is 24.5. The summed E-state index contributed by atoms with van der Waals surface area (Å²) in [5, 5.41) is 12.2. The highest BCUT2D eigenvalue weighted by Gasteiger charge is 2.18. The lowest BCUT2D eigenvalue weighted by atomic mass is 10.1. The van der Waals surface area contributed by atoms with Crippen LogP contribution in [0.15, 0.2) is 76.5 Å². The Bertz CT molecular complexity index is 1230. The molecule has 0 radical (unpaired) electrons. The van der Waals surface area contributed by atoms with Crippen LogP contribution in [0.3, 0.4) is 0 Å². The van der Waals surface area contributed by atoms with Gasteiger partial charge in [-0.25, -0.2) is 0 Å². The molecule has 0 spiro atoms. The van der Waals surface area contributed by atoms with E-state index in [-0.39, 0.29) is 11.7 Å². The minimum atomic E-state index is -0.0758. The van der Waals surface area contributed by atoms with Gasteiger partial charge in [-0.3, -0.25) is 9.36 Å². The minimum absolute atomic E-state index is 0.0758. The van der Waals surface area contributed by atoms with Crippen molar-refractivity contribution in [2.24, 2.45) is 0 Å². The fourth-order valence-corrected chi connectivity index (χ4v) is 4.30. The van der Waals surface area contributed by atoms with E-state index in [1.54, 1.807) is 12.3 Å². The van der Waals surface area contributed by atoms with Gasteiger partial charge in [-0.2, -0.15) is 0 Å². The van der Waals surface area contributed by atoms with E-state index in [0.717, 1.165) is 22.7 Å². The van der Waals surface area contributed by atoms with Gasteiger partial charge in [-0.15, -0.1) is 10.2 Å². The third kappa shape index (κ3) is 6.24. The summed E-state index contributed by atoms with van der Waals surface area (Å²) in [5.74, 6) is 2.80. The van der Waals surface area contributed by atoms with Gasteiger partial charge in [-0.1, -0.05) is 36.0 Å². The number of para-hydroxylation sites is 1. The topological polar surface area (TPSA) is 91.4 Å². The Hall–Kier alpha value is -3.72. The van der Waals surface area contributed by atoms with Crippen LogP contribution in [-0.2, 0) is 11.2 Å². The number of amides is 1. The van der Waals surface area contributed by atoms with Gasteiger partial charge >= 0.3 is 0 Å². The summed E-state index contributed by atoms with van der Waals surface area (Å²) in [6, 6.07) is 19.3. The molecule has 0 atom stereocenters. The average molecular weight is 493 g/mol. The zero-order valence-corrected chi connectivity index (χ0v) is 20.6. The van der Waals surface area contributed by atoms with Gasteiger partial charge in [0.2, 0.25) is 11.7 Å². The van der Waals surface area contributed by atoms with Gasteiger partial charge in [0.1, 0.15) is 0 Å². The second-order valence-corrected chi connectivity index (χ2v) is 8.43. The van der Waals surface area contributed by atoms with Crippen LogP contribution in [0.1, 0.15) is 19.4 Å². The second-order valence-electron chi connectivity index (χ2n) is 7.49. The number of furan rings is 1. The summed E-state index contributed by atoms with van der Waals surface area (Å²) in [7, 11) is 0. The molecular weight excluding hydrogens is 464 g/mol. The van der Waals surface area contributed by atoms with Crippen molar-refractivity contribution < 1.29 is 18.7 Å². The number of ether oxygens (including phenoxy) is 2. The number of carbonyl (C=O) groups is 1. The highest BCUT2D eigenvalue weighted by Crippen LogP contribution is 2.29. The Kier molecular flexibility index (Phi) is 8.45. The molecule has 1 N–H and O–H groups in total. The quantitative estimate of drug-likeness (QED) is 0.285. The lowest BCUT2D eigenvalue weighted by molar-refractivity contribution is -0.118. The van der Waals surface area contributed by atoms with Crippen molar-refractivity contribution in [2.75, 3.05) is 25.5 Å². The highest BCUT2D eigenvalue weighted by atomic mass is 32.2. The van der Waals surface area contributed by atoms with Crippen LogP contribution in [0.5, 0.6) is 11.5 Å². The lowest BCUT2D eigenvalue weighted by Gasteiger charge is -2.12. The molecule has 2 aromatic heterocycles. The van der Waals surface area contributed by atoms with Crippen LogP contribution in [-0.4, -0.2) is 46.2 Å². The van der Waals surface area contributed by atoms with E-state index in [0.29, 0.717) is 42.9 Å². The van der Waals surface area contributed by atoms with Crippen LogP contribution >= 0.6 is 11.8 Å². The van der Waals surface area contributed by atoms with E-state index < -0.39 is 0 Å². The first-order chi connectivity index (χ1) is 17.2. The van der Waals surface area contributed by atoms with Crippen LogP contribution in [0, 0.1) is 0 Å². The maximum atomic E-state index is 12.5. The van der Waals surface area contributed by atoms with Crippen molar-refractivity contribution in [3.63, 3.8) is 0 Å². The van der Waals surface area contributed by atoms with Crippen molar-refractivity contribution in [3.8, 4) is 28.8 Å². The fourth-order valence-electron chi connectivity index (χ4n) is 3.52. The molecule has 9 heteroatoms. The molecule has 8 nitrogen and oxygen atoms in total. The molecule has 4 aromatic rings. The molecule has 2 aromatic carbocycles. The summed E-state index contributed by atoms with van der Waals surface area (Å²) in [4.78, 5) is 12.5. The third-order valence-corrected chi connectivity index (χ3v) is 5.99. The molecule has 182 valence electrons. The number of nitrogens with zero attached hydrogens (tertiary/aromatic N) is 3. The molecule has 0 unspecified atom stereocenters. The fraction of sp³-hybridized carbons (Fsp3) is 0.269. The third-order valence-electron chi connectivity index (χ3n) is 5.07. The van der Waals surface area contributed by atoms with Crippen LogP contribution in [0.25, 0.3) is 17.3 Å². The van der Waals surface area contributed by atoms with E-state index in [2.05, 4.69) is 15.5 Å². The lowest BCUT2D eigenvalue weighted by Crippen LogP contribution is -2.27. The minimum Gasteiger partial charge on any atom is -0.490 e. The van der Waals surface area contributed by atoms with E-state index in [1.165, 1.54) is 11.8 Å². The average Bonchev–Trinajstić information content (AvgIpc) is 3.55. The van der Waals surface area contributed by atoms with Crippen molar-refractivity contribution in [1.29, 1.82) is 0 Å². The highest BCUT2D eigenvalue weighted by molar-refractivity contribution is 7.99. The summed E-state index contributed by atoms with van der Waals surface area (Å²) >= 11 is 1.33. The normalized spacial score (nSPS) is 10.8. The predicted molar refractivity (Wildman–Crippen MR) is 135 cm³/mol. The maximum absolute atomic E-state index is 12.5. The number of aromatic nitrogens is 3. The van der Waals surface area contributed by atoms with E-state index in [1.807, 2.05) is 73.0 Å². The summed E-state index contributed by atoms with van der Waals surface area (Å²) in [6.07, 6.45) is 2.28. The number of hydrogen-bond acceptors (Lipinski definition) is 7. The Balaban J connectivity index is 1.36. The molecule has 1 amide bonds. The Morgan fingerprint density at radius 1 is 1.00 bits per heavy atom. The number of carbonyl (C=O) groups excluding carboxylic acids is 1. The Morgan fingerprint density at radius 3 is 2.54 bits per heavy atom. The summed E-state index contributed by atoms with van der Waals surface area (Å²) in [6.45, 7) is 5.54. The maximum Gasteiger partial charge on any atom is 0.230 e. The van der Waals surface area contributed by atoms with Crippen molar-refractivity contribution >= 4 is 17.7 Å². The molecule has 0 saturated carbocycles. The zero-order valence-electron chi connectivity index (χ0n) is 19.8. The molecule has 0 aliphatic rings. The predicted octanol–water partition coefficient (Wildman–Crippen LogP) is 4.78. The Labute approximate surface area is 208 Å². The molecule has 0 fully saturated rings. The first-order valence-corrected chi connectivity index (χ1v) is 12.5. The molecule has 2 heterocycles. The van der Waals surface area contributed by atoms with Gasteiger partial charge in [0.25, 0.3) is 0 Å².